The predicted octanol–water partition coefficient (Wildman–Crippen LogP) is 2.20. The third-order valence-corrected chi connectivity index (χ3v) is 3.33. The average molecular weight is 240 g/mol. The first kappa shape index (κ1) is 12.2. The standard InChI is InChI=1S/C14H16N4/c1-10-11(2)18(14(16)13(10)8-15)7-5-12-4-3-6-17-9-12/h3-4,6,9H,5,7,16H2,1-2H3. The van der Waals surface area contributed by atoms with Crippen molar-refractivity contribution in [3.8, 4) is 6.07 Å². The Morgan fingerprint density at radius 1 is 1.44 bits per heavy atom. The first-order valence-corrected chi connectivity index (χ1v) is 5.89. The summed E-state index contributed by atoms with van der Waals surface area (Å²) >= 11 is 0. The smallest absolute Gasteiger partial charge is 0.122 e. The highest BCUT2D eigenvalue weighted by molar-refractivity contribution is 5.57. The zero-order valence-electron chi connectivity index (χ0n) is 10.6. The van der Waals surface area contributed by atoms with Gasteiger partial charge < -0.3 is 10.3 Å². The SMILES string of the molecule is Cc1c(C#N)c(N)n(CCc2cccnc2)c1C. The number of pyridine rings is 1. The lowest BCUT2D eigenvalue weighted by molar-refractivity contribution is 0.687. The van der Waals surface area contributed by atoms with Crippen LogP contribution in [0.25, 0.3) is 0 Å². The second-order valence-electron chi connectivity index (χ2n) is 4.35. The fourth-order valence-corrected chi connectivity index (χ4v) is 2.11. The monoisotopic (exact) mass is 240 g/mol. The molecule has 0 aliphatic carbocycles. The Labute approximate surface area is 107 Å². The van der Waals surface area contributed by atoms with Gasteiger partial charge in [-0.1, -0.05) is 6.07 Å². The van der Waals surface area contributed by atoms with Crippen molar-refractivity contribution in [3.05, 3.63) is 46.9 Å². The van der Waals surface area contributed by atoms with Crippen LogP contribution in [-0.2, 0) is 13.0 Å². The van der Waals surface area contributed by atoms with Crippen LogP contribution in [0.1, 0.15) is 22.4 Å². The molecule has 0 unspecified atom stereocenters. The Balaban J connectivity index is 2.23. The number of anilines is 1. The first-order chi connectivity index (χ1) is 8.65. The van der Waals surface area contributed by atoms with Crippen molar-refractivity contribution in [2.45, 2.75) is 26.8 Å². The number of rotatable bonds is 3. The highest BCUT2D eigenvalue weighted by atomic mass is 15.1. The number of aromatic nitrogens is 2. The molecule has 2 aromatic rings. The Kier molecular flexibility index (Phi) is 3.33. The Morgan fingerprint density at radius 3 is 2.78 bits per heavy atom. The highest BCUT2D eigenvalue weighted by Crippen LogP contribution is 2.23. The van der Waals surface area contributed by atoms with Gasteiger partial charge in [-0.05, 0) is 37.5 Å². The number of nitrogen functional groups attached to an aromatic ring is 1. The molecule has 2 aromatic heterocycles. The minimum absolute atomic E-state index is 0.566. The lowest BCUT2D eigenvalue weighted by Crippen LogP contribution is -2.07. The molecule has 4 nitrogen and oxygen atoms in total. The maximum absolute atomic E-state index is 9.07. The molecule has 0 atom stereocenters. The first-order valence-electron chi connectivity index (χ1n) is 5.89. The molecule has 0 aliphatic heterocycles. The number of nitriles is 1. The van der Waals surface area contributed by atoms with Crippen LogP contribution in [0.3, 0.4) is 0 Å². The van der Waals surface area contributed by atoms with Gasteiger partial charge in [0.25, 0.3) is 0 Å². The van der Waals surface area contributed by atoms with Gasteiger partial charge in [-0.2, -0.15) is 5.26 Å². The number of hydrogen-bond donors (Lipinski definition) is 1. The summed E-state index contributed by atoms with van der Waals surface area (Å²) in [6.45, 7) is 4.70. The van der Waals surface area contributed by atoms with Gasteiger partial charge in [0.1, 0.15) is 11.9 Å². The zero-order valence-corrected chi connectivity index (χ0v) is 10.6. The van der Waals surface area contributed by atoms with Crippen LogP contribution in [0.5, 0.6) is 0 Å². The van der Waals surface area contributed by atoms with Gasteiger partial charge in [0.15, 0.2) is 0 Å². The normalized spacial score (nSPS) is 10.3. The van der Waals surface area contributed by atoms with E-state index in [-0.39, 0.29) is 0 Å². The van der Waals surface area contributed by atoms with Crippen LogP contribution < -0.4 is 5.73 Å². The van der Waals surface area contributed by atoms with Crippen molar-refractivity contribution in [1.29, 1.82) is 5.26 Å². The van der Waals surface area contributed by atoms with E-state index in [9.17, 15) is 0 Å². The molecule has 0 aliphatic rings. The molecular formula is C14H16N4. The molecular weight excluding hydrogens is 224 g/mol. The molecule has 0 radical (unpaired) electrons. The average Bonchev–Trinajstić information content (AvgIpc) is 2.60. The van der Waals surface area contributed by atoms with Gasteiger partial charge in [-0.3, -0.25) is 4.98 Å². The van der Waals surface area contributed by atoms with Crippen molar-refractivity contribution in [2.24, 2.45) is 0 Å². The molecule has 0 amide bonds. The second kappa shape index (κ2) is 4.92. The number of aryl methyl sites for hydroxylation is 1. The van der Waals surface area contributed by atoms with E-state index in [4.69, 9.17) is 11.0 Å². The number of nitrogens with two attached hydrogens (primary N) is 1. The molecule has 0 saturated heterocycles. The van der Waals surface area contributed by atoms with Gasteiger partial charge in [0.2, 0.25) is 0 Å². The molecule has 2 N–H and O–H groups in total. The summed E-state index contributed by atoms with van der Waals surface area (Å²) < 4.78 is 2.00. The molecule has 0 aromatic carbocycles. The summed E-state index contributed by atoms with van der Waals surface area (Å²) in [4.78, 5) is 4.09. The van der Waals surface area contributed by atoms with Gasteiger partial charge in [0, 0.05) is 24.6 Å². The van der Waals surface area contributed by atoms with Crippen LogP contribution in [0.4, 0.5) is 5.82 Å². The summed E-state index contributed by atoms with van der Waals surface area (Å²) in [7, 11) is 0. The van der Waals surface area contributed by atoms with E-state index in [1.807, 2.05) is 36.7 Å². The minimum atomic E-state index is 0.566. The van der Waals surface area contributed by atoms with E-state index >= 15 is 0 Å². The van der Waals surface area contributed by atoms with Gasteiger partial charge >= 0.3 is 0 Å². The number of hydrogen-bond acceptors (Lipinski definition) is 3. The van der Waals surface area contributed by atoms with E-state index in [0.717, 1.165) is 24.2 Å². The van der Waals surface area contributed by atoms with Crippen LogP contribution in [0.15, 0.2) is 24.5 Å². The van der Waals surface area contributed by atoms with Gasteiger partial charge in [-0.25, -0.2) is 0 Å². The summed E-state index contributed by atoms with van der Waals surface area (Å²) in [5.41, 5.74) is 9.80. The van der Waals surface area contributed by atoms with E-state index < -0.39 is 0 Å². The Bertz CT molecular complexity index is 590. The van der Waals surface area contributed by atoms with Crippen molar-refractivity contribution in [3.63, 3.8) is 0 Å². The fraction of sp³-hybridized carbons (Fsp3) is 0.286. The largest absolute Gasteiger partial charge is 0.384 e. The maximum Gasteiger partial charge on any atom is 0.122 e. The molecule has 0 fully saturated rings. The van der Waals surface area contributed by atoms with Crippen molar-refractivity contribution in [1.82, 2.24) is 9.55 Å². The minimum Gasteiger partial charge on any atom is -0.384 e. The topological polar surface area (TPSA) is 67.6 Å². The third-order valence-electron chi connectivity index (χ3n) is 3.33. The van der Waals surface area contributed by atoms with E-state index in [1.54, 1.807) is 6.20 Å². The molecule has 92 valence electrons. The van der Waals surface area contributed by atoms with Gasteiger partial charge in [0.05, 0.1) is 5.56 Å². The quantitative estimate of drug-likeness (QED) is 0.894. The molecule has 0 spiro atoms. The molecule has 4 heteroatoms. The Morgan fingerprint density at radius 2 is 2.22 bits per heavy atom. The molecule has 0 bridgehead atoms. The zero-order chi connectivity index (χ0) is 13.1. The summed E-state index contributed by atoms with van der Waals surface area (Å²) in [5, 5.41) is 9.07. The van der Waals surface area contributed by atoms with Crippen LogP contribution in [0, 0.1) is 25.2 Å². The fourth-order valence-electron chi connectivity index (χ4n) is 2.11. The lowest BCUT2D eigenvalue weighted by atomic mass is 10.2. The molecule has 18 heavy (non-hydrogen) atoms. The predicted molar refractivity (Wildman–Crippen MR) is 71.0 cm³/mol. The maximum atomic E-state index is 9.07. The Hall–Kier alpha value is -2.28. The third kappa shape index (κ3) is 2.07. The van der Waals surface area contributed by atoms with Gasteiger partial charge in [-0.15, -0.1) is 0 Å². The molecule has 2 heterocycles. The second-order valence-corrected chi connectivity index (χ2v) is 4.35. The van der Waals surface area contributed by atoms with Crippen molar-refractivity contribution < 1.29 is 0 Å². The van der Waals surface area contributed by atoms with Crippen LogP contribution in [-0.4, -0.2) is 9.55 Å². The lowest BCUT2D eigenvalue weighted by Gasteiger charge is -2.08. The number of nitrogens with zero attached hydrogens (tertiary/aromatic N) is 3. The summed E-state index contributed by atoms with van der Waals surface area (Å²) in [6, 6.07) is 6.13. The van der Waals surface area contributed by atoms with E-state index in [1.165, 1.54) is 5.56 Å². The summed E-state index contributed by atoms with van der Waals surface area (Å²) in [6.07, 6.45) is 4.47. The van der Waals surface area contributed by atoms with E-state index in [0.29, 0.717) is 11.4 Å². The summed E-state index contributed by atoms with van der Waals surface area (Å²) in [5.74, 6) is 0.566. The highest BCUT2D eigenvalue weighted by Gasteiger charge is 2.14. The van der Waals surface area contributed by atoms with Crippen molar-refractivity contribution >= 4 is 5.82 Å². The van der Waals surface area contributed by atoms with E-state index in [2.05, 4.69) is 11.1 Å². The molecule has 2 rings (SSSR count). The molecule has 0 saturated carbocycles. The van der Waals surface area contributed by atoms with Crippen molar-refractivity contribution in [2.75, 3.05) is 5.73 Å². The van der Waals surface area contributed by atoms with Crippen LogP contribution in [0.2, 0.25) is 0 Å². The van der Waals surface area contributed by atoms with Crippen LogP contribution >= 0.6 is 0 Å².